The van der Waals surface area contributed by atoms with E-state index in [-0.39, 0.29) is 29.3 Å². The first-order chi connectivity index (χ1) is 6.66. The van der Waals surface area contributed by atoms with E-state index in [2.05, 4.69) is 6.92 Å². The van der Waals surface area contributed by atoms with Gasteiger partial charge in [-0.1, -0.05) is 43.5 Å². The molecule has 15 heavy (non-hydrogen) atoms. The van der Waals surface area contributed by atoms with E-state index in [0.717, 1.165) is 19.3 Å². The molecule has 0 bridgehead atoms. The van der Waals surface area contributed by atoms with Crippen molar-refractivity contribution in [2.45, 2.75) is 32.2 Å². The molecule has 0 aromatic heterocycles. The number of benzene rings is 1. The number of halogens is 3. The van der Waals surface area contributed by atoms with Crippen LogP contribution in [0.3, 0.4) is 0 Å². The average molecular weight is 252 g/mol. The minimum Gasteiger partial charge on any atom is -0.324 e. The van der Waals surface area contributed by atoms with E-state index in [1.165, 1.54) is 6.07 Å². The summed E-state index contributed by atoms with van der Waals surface area (Å²) in [6.45, 7) is 2.08. The molecule has 0 spiro atoms. The molecule has 0 radical (unpaired) electrons. The van der Waals surface area contributed by atoms with Crippen LogP contribution in [0.4, 0.5) is 4.39 Å². The van der Waals surface area contributed by atoms with Crippen molar-refractivity contribution in [2.24, 2.45) is 5.73 Å². The maximum absolute atomic E-state index is 13.5. The van der Waals surface area contributed by atoms with E-state index in [9.17, 15) is 4.39 Å². The van der Waals surface area contributed by atoms with Crippen LogP contribution in [0.25, 0.3) is 0 Å². The van der Waals surface area contributed by atoms with Gasteiger partial charge in [-0.3, -0.25) is 0 Å². The molecule has 1 nitrogen and oxygen atoms in total. The third-order valence-electron chi connectivity index (χ3n) is 2.25. The smallest absolute Gasteiger partial charge is 0.146 e. The molecule has 1 atom stereocenters. The van der Waals surface area contributed by atoms with Crippen molar-refractivity contribution in [1.82, 2.24) is 0 Å². The Hall–Kier alpha value is -0.310. The molecule has 0 unspecified atom stereocenters. The van der Waals surface area contributed by atoms with Crippen molar-refractivity contribution < 1.29 is 4.39 Å². The van der Waals surface area contributed by atoms with Crippen LogP contribution in [0.15, 0.2) is 18.2 Å². The predicted molar refractivity (Wildman–Crippen MR) is 65.1 cm³/mol. The van der Waals surface area contributed by atoms with Crippen molar-refractivity contribution >= 4 is 24.0 Å². The van der Waals surface area contributed by atoms with Crippen molar-refractivity contribution in [3.8, 4) is 0 Å². The molecule has 0 fully saturated rings. The Labute approximate surface area is 101 Å². The van der Waals surface area contributed by atoms with Gasteiger partial charge in [-0.15, -0.1) is 12.4 Å². The van der Waals surface area contributed by atoms with E-state index < -0.39 is 0 Å². The van der Waals surface area contributed by atoms with E-state index in [1.54, 1.807) is 12.1 Å². The SMILES string of the molecule is CCCC[C@@H](N)c1cccc(Cl)c1F.Cl. The lowest BCUT2D eigenvalue weighted by Gasteiger charge is -2.12. The van der Waals surface area contributed by atoms with E-state index in [4.69, 9.17) is 17.3 Å². The average Bonchev–Trinajstić information content (AvgIpc) is 2.18. The molecule has 1 rings (SSSR count). The Balaban J connectivity index is 0.00000196. The third-order valence-corrected chi connectivity index (χ3v) is 2.54. The molecule has 0 aliphatic rings. The van der Waals surface area contributed by atoms with Gasteiger partial charge in [-0.05, 0) is 12.5 Å². The first-order valence-electron chi connectivity index (χ1n) is 4.86. The van der Waals surface area contributed by atoms with E-state index in [1.807, 2.05) is 0 Å². The first-order valence-corrected chi connectivity index (χ1v) is 5.24. The normalized spacial score (nSPS) is 12.0. The highest BCUT2D eigenvalue weighted by Gasteiger charge is 2.12. The standard InChI is InChI=1S/C11H15ClFN.ClH/c1-2-3-7-10(14)8-5-4-6-9(12)11(8)13;/h4-6,10H,2-3,7,14H2,1H3;1H/t10-;/m1./s1. The second-order valence-electron chi connectivity index (χ2n) is 3.39. The third kappa shape index (κ3) is 3.98. The predicted octanol–water partition coefficient (Wildman–Crippen LogP) is 4.09. The van der Waals surface area contributed by atoms with Crippen LogP contribution in [0.2, 0.25) is 5.02 Å². The Morgan fingerprint density at radius 3 is 2.73 bits per heavy atom. The summed E-state index contributed by atoms with van der Waals surface area (Å²) in [6, 6.07) is 4.72. The number of hydrogen-bond acceptors (Lipinski definition) is 1. The maximum Gasteiger partial charge on any atom is 0.146 e. The summed E-state index contributed by atoms with van der Waals surface area (Å²) in [5.41, 5.74) is 6.37. The highest BCUT2D eigenvalue weighted by Crippen LogP contribution is 2.24. The van der Waals surface area contributed by atoms with Gasteiger partial charge in [0, 0.05) is 11.6 Å². The topological polar surface area (TPSA) is 26.0 Å². The van der Waals surface area contributed by atoms with Crippen LogP contribution < -0.4 is 5.73 Å². The van der Waals surface area contributed by atoms with Crippen molar-refractivity contribution in [3.05, 3.63) is 34.6 Å². The van der Waals surface area contributed by atoms with Crippen LogP contribution in [0, 0.1) is 5.82 Å². The van der Waals surface area contributed by atoms with Crippen molar-refractivity contribution in [2.75, 3.05) is 0 Å². The summed E-state index contributed by atoms with van der Waals surface area (Å²) < 4.78 is 13.5. The molecule has 0 heterocycles. The number of unbranched alkanes of at least 4 members (excludes halogenated alkanes) is 1. The fourth-order valence-electron chi connectivity index (χ4n) is 1.39. The van der Waals surface area contributed by atoms with Crippen molar-refractivity contribution in [1.29, 1.82) is 0 Å². The lowest BCUT2D eigenvalue weighted by Crippen LogP contribution is -2.12. The molecular formula is C11H16Cl2FN. The Morgan fingerprint density at radius 1 is 1.47 bits per heavy atom. The molecular weight excluding hydrogens is 236 g/mol. The van der Waals surface area contributed by atoms with Gasteiger partial charge in [0.15, 0.2) is 0 Å². The lowest BCUT2D eigenvalue weighted by molar-refractivity contribution is 0.548. The molecule has 4 heteroatoms. The second kappa shape index (κ2) is 7.04. The van der Waals surface area contributed by atoms with E-state index in [0.29, 0.717) is 5.56 Å². The van der Waals surface area contributed by atoms with Crippen LogP contribution in [-0.4, -0.2) is 0 Å². The second-order valence-corrected chi connectivity index (χ2v) is 3.80. The molecule has 1 aromatic carbocycles. The maximum atomic E-state index is 13.5. The molecule has 0 aliphatic heterocycles. The van der Waals surface area contributed by atoms with Gasteiger partial charge in [-0.2, -0.15) is 0 Å². The van der Waals surface area contributed by atoms with Gasteiger partial charge in [0.25, 0.3) is 0 Å². The minimum absolute atomic E-state index is 0. The quantitative estimate of drug-likeness (QED) is 0.858. The zero-order valence-corrected chi connectivity index (χ0v) is 10.2. The first kappa shape index (κ1) is 14.7. The lowest BCUT2D eigenvalue weighted by atomic mass is 10.0. The molecule has 86 valence electrons. The zero-order valence-electron chi connectivity index (χ0n) is 8.67. The van der Waals surface area contributed by atoms with Crippen LogP contribution in [-0.2, 0) is 0 Å². The van der Waals surface area contributed by atoms with E-state index >= 15 is 0 Å². The largest absolute Gasteiger partial charge is 0.324 e. The minimum atomic E-state index is -0.377. The number of hydrogen-bond donors (Lipinski definition) is 1. The fourth-order valence-corrected chi connectivity index (χ4v) is 1.57. The summed E-state index contributed by atoms with van der Waals surface area (Å²) in [6.07, 6.45) is 2.87. The molecule has 1 aromatic rings. The monoisotopic (exact) mass is 251 g/mol. The van der Waals surface area contributed by atoms with Gasteiger partial charge in [0.1, 0.15) is 5.82 Å². The van der Waals surface area contributed by atoms with Gasteiger partial charge in [0.2, 0.25) is 0 Å². The molecule has 0 saturated carbocycles. The molecule has 2 N–H and O–H groups in total. The molecule has 0 amide bonds. The van der Waals surface area contributed by atoms with Gasteiger partial charge >= 0.3 is 0 Å². The summed E-state index contributed by atoms with van der Waals surface area (Å²) in [4.78, 5) is 0. The van der Waals surface area contributed by atoms with Crippen LogP contribution >= 0.6 is 24.0 Å². The fraction of sp³-hybridized carbons (Fsp3) is 0.455. The van der Waals surface area contributed by atoms with Gasteiger partial charge < -0.3 is 5.73 Å². The highest BCUT2D eigenvalue weighted by molar-refractivity contribution is 6.30. The highest BCUT2D eigenvalue weighted by atomic mass is 35.5. The summed E-state index contributed by atoms with van der Waals surface area (Å²) in [5, 5.41) is 0.148. The Morgan fingerprint density at radius 2 is 2.13 bits per heavy atom. The summed E-state index contributed by atoms with van der Waals surface area (Å²) >= 11 is 5.66. The molecule has 0 saturated heterocycles. The van der Waals surface area contributed by atoms with Crippen LogP contribution in [0.5, 0.6) is 0 Å². The van der Waals surface area contributed by atoms with Gasteiger partial charge in [-0.25, -0.2) is 4.39 Å². The Bertz CT molecular complexity index is 305. The van der Waals surface area contributed by atoms with Crippen molar-refractivity contribution in [3.63, 3.8) is 0 Å². The number of nitrogens with two attached hydrogens (primary N) is 1. The summed E-state index contributed by atoms with van der Waals surface area (Å²) in [7, 11) is 0. The Kier molecular flexibility index (Phi) is 6.90. The van der Waals surface area contributed by atoms with Crippen LogP contribution in [0.1, 0.15) is 37.8 Å². The number of rotatable bonds is 4. The molecule has 0 aliphatic carbocycles. The van der Waals surface area contributed by atoms with Gasteiger partial charge in [0.05, 0.1) is 5.02 Å². The zero-order chi connectivity index (χ0) is 10.6. The summed E-state index contributed by atoms with van der Waals surface area (Å²) in [5.74, 6) is -0.377.